The van der Waals surface area contributed by atoms with E-state index in [2.05, 4.69) is 92.6 Å². The van der Waals surface area contributed by atoms with Crippen molar-refractivity contribution in [3.05, 3.63) is 144 Å². The van der Waals surface area contributed by atoms with Gasteiger partial charge in [-0.15, -0.1) is 0 Å². The molecule has 2 fully saturated rings. The molecule has 4 heterocycles. The second-order valence-electron chi connectivity index (χ2n) is 16.3. The summed E-state index contributed by atoms with van der Waals surface area (Å²) in [6.45, 7) is 4.73. The van der Waals surface area contributed by atoms with Crippen LogP contribution in [0.15, 0.2) is 127 Å². The number of likely N-dealkylation sites (tertiary alicyclic amines) is 2. The molecule has 9 heteroatoms. The second-order valence-corrected chi connectivity index (χ2v) is 16.3. The average molecular weight is 774 g/mol. The molecule has 3 aliphatic rings. The lowest BCUT2D eigenvalue weighted by atomic mass is 9.95. The van der Waals surface area contributed by atoms with Crippen LogP contribution in [0.1, 0.15) is 86.1 Å². The minimum Gasteiger partial charge on any atom is -0.340 e. The first kappa shape index (κ1) is 39.2. The summed E-state index contributed by atoms with van der Waals surface area (Å²) in [6, 6.07) is 36.7. The number of allylic oxidation sites excluding steroid dienone is 1. The van der Waals surface area contributed by atoms with Crippen molar-refractivity contribution in [3.8, 4) is 22.4 Å². The number of nitrogens with one attached hydrogen (secondary N) is 1. The molecule has 2 amide bonds. The van der Waals surface area contributed by atoms with Gasteiger partial charge in [0.15, 0.2) is 0 Å². The standard InChI is InChI=1S/C49H55N7O2/c1-34(54(4)48(57)45(53(2)3)39-15-8-5-9-16-39)47-51-33-43(52-47)38-26-24-36(25-27-38)35-20-22-37(23-21-35)41-31-42(50-32-41)44-19-14-30-56(44)49(58)46(40-17-10-6-11-18-40)55-28-12-7-13-29-55/h5-6,8-11,15-18,20-27,32-34,44-46H,7,12-14,19,28-31H2,1-4H3,(H,51,52)/t34-,44-,45+,46+/m0/s1. The number of carbonyl (C=O) groups is 2. The number of hydrogen-bond donors (Lipinski definition) is 1. The molecular formula is C49H55N7O2. The van der Waals surface area contributed by atoms with Crippen molar-refractivity contribution in [3.63, 3.8) is 0 Å². The third-order valence-corrected chi connectivity index (χ3v) is 12.4. The monoisotopic (exact) mass is 773 g/mol. The highest BCUT2D eigenvalue weighted by Crippen LogP contribution is 2.35. The van der Waals surface area contributed by atoms with Gasteiger partial charge in [0, 0.05) is 31.9 Å². The van der Waals surface area contributed by atoms with E-state index in [1.807, 2.05) is 81.8 Å². The van der Waals surface area contributed by atoms with Crippen LogP contribution in [0, 0.1) is 0 Å². The van der Waals surface area contributed by atoms with Crippen LogP contribution < -0.4 is 0 Å². The Bertz CT molecular complexity index is 2240. The van der Waals surface area contributed by atoms with Gasteiger partial charge >= 0.3 is 0 Å². The van der Waals surface area contributed by atoms with Gasteiger partial charge in [-0.25, -0.2) is 4.98 Å². The van der Waals surface area contributed by atoms with E-state index in [1.54, 1.807) is 4.90 Å². The highest BCUT2D eigenvalue weighted by Gasteiger charge is 2.39. The minimum atomic E-state index is -0.381. The molecule has 9 nitrogen and oxygen atoms in total. The Morgan fingerprint density at radius 2 is 1.33 bits per heavy atom. The summed E-state index contributed by atoms with van der Waals surface area (Å²) in [5.74, 6) is 0.981. The fraction of sp³-hybridized carbons (Fsp3) is 0.347. The molecule has 0 unspecified atom stereocenters. The summed E-state index contributed by atoms with van der Waals surface area (Å²) >= 11 is 0. The zero-order valence-corrected chi connectivity index (χ0v) is 34.2. The van der Waals surface area contributed by atoms with E-state index in [0.29, 0.717) is 0 Å². The first-order chi connectivity index (χ1) is 28.3. The SMILES string of the molecule is C[C@@H](c1ncc(-c2ccc(-c3ccc(C4=CN=C([C@@H]5CCCN5C(=O)[C@@H](c5ccccc5)N5CCCCC5)C4)cc3)cc2)[nH]1)N(C)C(=O)[C@@H](c1ccccc1)N(C)C. The Hall–Kier alpha value is -5.64. The van der Waals surface area contributed by atoms with Gasteiger partial charge in [0.25, 0.3) is 0 Å². The molecule has 1 N–H and O–H groups in total. The van der Waals surface area contributed by atoms with E-state index in [1.165, 1.54) is 12.0 Å². The Balaban J connectivity index is 0.892. The van der Waals surface area contributed by atoms with Gasteiger partial charge in [-0.05, 0) is 98.7 Å². The van der Waals surface area contributed by atoms with Gasteiger partial charge in [-0.3, -0.25) is 24.4 Å². The fourth-order valence-electron chi connectivity index (χ4n) is 8.96. The van der Waals surface area contributed by atoms with Crippen molar-refractivity contribution in [2.45, 2.75) is 69.6 Å². The van der Waals surface area contributed by atoms with Crippen molar-refractivity contribution in [1.82, 2.24) is 29.6 Å². The maximum atomic E-state index is 14.4. The number of rotatable bonds is 12. The first-order valence-corrected chi connectivity index (χ1v) is 20.9. The maximum Gasteiger partial charge on any atom is 0.245 e. The van der Waals surface area contributed by atoms with Crippen LogP contribution in [-0.4, -0.2) is 93.9 Å². The van der Waals surface area contributed by atoms with Gasteiger partial charge in [-0.2, -0.15) is 0 Å². The first-order valence-electron chi connectivity index (χ1n) is 20.9. The number of aromatic nitrogens is 2. The lowest BCUT2D eigenvalue weighted by Gasteiger charge is -2.37. The summed E-state index contributed by atoms with van der Waals surface area (Å²) in [4.78, 5) is 49.4. The predicted octanol–water partition coefficient (Wildman–Crippen LogP) is 8.97. The summed E-state index contributed by atoms with van der Waals surface area (Å²) in [6.07, 6.45) is 10.1. The predicted molar refractivity (Wildman–Crippen MR) is 233 cm³/mol. The molecule has 4 aromatic carbocycles. The molecule has 5 aromatic rings. The number of imidazole rings is 1. The number of carbonyl (C=O) groups excluding carboxylic acids is 2. The molecule has 2 saturated heterocycles. The molecule has 0 radical (unpaired) electrons. The van der Waals surface area contributed by atoms with Gasteiger partial charge in [0.05, 0.1) is 24.0 Å². The zero-order valence-electron chi connectivity index (χ0n) is 34.2. The van der Waals surface area contributed by atoms with E-state index >= 15 is 0 Å². The number of aliphatic imine (C=N–C) groups is 1. The van der Waals surface area contributed by atoms with Crippen LogP contribution in [0.2, 0.25) is 0 Å². The molecule has 3 aliphatic heterocycles. The van der Waals surface area contributed by atoms with Crippen LogP contribution >= 0.6 is 0 Å². The number of nitrogens with zero attached hydrogens (tertiary/aromatic N) is 6. The molecule has 58 heavy (non-hydrogen) atoms. The van der Waals surface area contributed by atoms with Crippen molar-refractivity contribution in [2.24, 2.45) is 4.99 Å². The Labute approximate surface area is 343 Å². The molecule has 298 valence electrons. The van der Waals surface area contributed by atoms with E-state index < -0.39 is 0 Å². The summed E-state index contributed by atoms with van der Waals surface area (Å²) in [7, 11) is 5.71. The number of H-pyrrole nitrogens is 1. The van der Waals surface area contributed by atoms with Gasteiger partial charge in [0.1, 0.15) is 17.9 Å². The zero-order chi connectivity index (χ0) is 40.2. The quantitative estimate of drug-likeness (QED) is 0.137. The normalized spacial score (nSPS) is 18.8. The lowest BCUT2D eigenvalue weighted by Crippen LogP contribution is -2.48. The van der Waals surface area contributed by atoms with E-state index in [9.17, 15) is 9.59 Å². The maximum absolute atomic E-state index is 14.4. The van der Waals surface area contributed by atoms with Crippen LogP contribution in [-0.2, 0) is 9.59 Å². The molecule has 0 bridgehead atoms. The molecule has 0 aliphatic carbocycles. The highest BCUT2D eigenvalue weighted by atomic mass is 16.2. The van der Waals surface area contributed by atoms with Crippen LogP contribution in [0.5, 0.6) is 0 Å². The van der Waals surface area contributed by atoms with Gasteiger partial charge in [0.2, 0.25) is 11.8 Å². The van der Waals surface area contributed by atoms with Crippen LogP contribution in [0.4, 0.5) is 0 Å². The fourth-order valence-corrected chi connectivity index (χ4v) is 8.96. The van der Waals surface area contributed by atoms with Gasteiger partial charge < -0.3 is 14.8 Å². The average Bonchev–Trinajstić information content (AvgIpc) is 4.07. The number of amides is 2. The molecule has 4 atom stereocenters. The lowest BCUT2D eigenvalue weighted by molar-refractivity contribution is -0.138. The van der Waals surface area contributed by atoms with Crippen molar-refractivity contribution >= 4 is 23.1 Å². The van der Waals surface area contributed by atoms with Gasteiger partial charge in [-0.1, -0.05) is 116 Å². The van der Waals surface area contributed by atoms with E-state index in [0.717, 1.165) is 102 Å². The Morgan fingerprint density at radius 1 is 0.724 bits per heavy atom. The second kappa shape index (κ2) is 17.5. The number of piperidine rings is 1. The van der Waals surface area contributed by atoms with Crippen molar-refractivity contribution in [1.29, 1.82) is 0 Å². The molecule has 0 saturated carbocycles. The third-order valence-electron chi connectivity index (χ3n) is 12.4. The summed E-state index contributed by atoms with van der Waals surface area (Å²) < 4.78 is 0. The topological polar surface area (TPSA) is 88.1 Å². The third kappa shape index (κ3) is 8.20. The van der Waals surface area contributed by atoms with Crippen molar-refractivity contribution < 1.29 is 9.59 Å². The molecule has 1 aromatic heterocycles. The van der Waals surface area contributed by atoms with E-state index in [4.69, 9.17) is 4.99 Å². The Kier molecular flexibility index (Phi) is 11.8. The molecule has 8 rings (SSSR count). The minimum absolute atomic E-state index is 0.0157. The Morgan fingerprint density at radius 3 is 1.97 bits per heavy atom. The highest BCUT2D eigenvalue weighted by molar-refractivity contribution is 6.03. The smallest absolute Gasteiger partial charge is 0.245 e. The van der Waals surface area contributed by atoms with Crippen molar-refractivity contribution in [2.75, 3.05) is 40.8 Å². The number of benzene rings is 4. The van der Waals surface area contributed by atoms with E-state index in [-0.39, 0.29) is 36.0 Å². The number of aromatic amines is 1. The molecule has 0 spiro atoms. The number of likely N-dealkylation sites (N-methyl/N-ethyl adjacent to an activating group) is 2. The van der Waals surface area contributed by atoms with Crippen LogP contribution in [0.25, 0.3) is 28.0 Å². The summed E-state index contributed by atoms with van der Waals surface area (Å²) in [5.41, 5.74) is 9.72. The molecular weight excluding hydrogens is 719 g/mol. The van der Waals surface area contributed by atoms with Crippen LogP contribution in [0.3, 0.4) is 0 Å². The number of hydrogen-bond acceptors (Lipinski definition) is 6. The summed E-state index contributed by atoms with van der Waals surface area (Å²) in [5, 5.41) is 0. The largest absolute Gasteiger partial charge is 0.340 e.